The number of anilines is 1. The fraction of sp³-hybridized carbons (Fsp3) is 0.231. The highest BCUT2D eigenvalue weighted by Crippen LogP contribution is 2.27. The molecule has 0 aliphatic rings. The first-order chi connectivity index (χ1) is 9.42. The van der Waals surface area contributed by atoms with Crippen LogP contribution in [0.2, 0.25) is 0 Å². The average Bonchev–Trinajstić information content (AvgIpc) is 2.83. The lowest BCUT2D eigenvalue weighted by Gasteiger charge is -2.09. The van der Waals surface area contributed by atoms with E-state index in [1.54, 1.807) is 17.5 Å². The highest BCUT2D eigenvalue weighted by atomic mass is 79.9. The molecule has 7 heteroatoms. The first-order valence-corrected chi connectivity index (χ1v) is 9.09. The third-order valence-corrected chi connectivity index (χ3v) is 5.78. The van der Waals surface area contributed by atoms with Crippen LogP contribution < -0.4 is 10.0 Å². The molecule has 0 spiro atoms. The van der Waals surface area contributed by atoms with Crippen molar-refractivity contribution in [1.82, 2.24) is 5.32 Å². The highest BCUT2D eigenvalue weighted by molar-refractivity contribution is 9.10. The molecule has 2 rings (SSSR count). The van der Waals surface area contributed by atoms with Crippen LogP contribution in [0.3, 0.4) is 0 Å². The average molecular weight is 375 g/mol. The van der Waals surface area contributed by atoms with Crippen LogP contribution in [0.25, 0.3) is 0 Å². The van der Waals surface area contributed by atoms with E-state index in [9.17, 15) is 8.42 Å². The summed E-state index contributed by atoms with van der Waals surface area (Å²) in [5, 5.41) is 4.65. The minimum absolute atomic E-state index is 0.293. The van der Waals surface area contributed by atoms with Crippen LogP contribution in [-0.2, 0) is 16.6 Å². The van der Waals surface area contributed by atoms with Crippen LogP contribution in [0.5, 0.6) is 0 Å². The van der Waals surface area contributed by atoms with E-state index in [0.29, 0.717) is 17.1 Å². The zero-order chi connectivity index (χ0) is 14.8. The van der Waals surface area contributed by atoms with Gasteiger partial charge in [-0.1, -0.05) is 6.07 Å². The van der Waals surface area contributed by atoms with Crippen LogP contribution in [0.1, 0.15) is 10.4 Å². The van der Waals surface area contributed by atoms with E-state index in [4.69, 9.17) is 0 Å². The van der Waals surface area contributed by atoms with Crippen molar-refractivity contribution in [3.05, 3.63) is 44.6 Å². The smallest absolute Gasteiger partial charge is 0.262 e. The molecule has 2 N–H and O–H groups in total. The Balaban J connectivity index is 2.28. The number of thiophene rings is 1. The van der Waals surface area contributed by atoms with Gasteiger partial charge in [0, 0.05) is 21.3 Å². The Bertz CT molecular complexity index is 711. The summed E-state index contributed by atoms with van der Waals surface area (Å²) in [6, 6.07) is 7.22. The van der Waals surface area contributed by atoms with Crippen molar-refractivity contribution in [1.29, 1.82) is 0 Å². The van der Waals surface area contributed by atoms with Crippen molar-refractivity contribution < 1.29 is 8.42 Å². The van der Waals surface area contributed by atoms with Gasteiger partial charge in [0.25, 0.3) is 10.0 Å². The van der Waals surface area contributed by atoms with E-state index in [1.165, 1.54) is 11.3 Å². The molecule has 1 aromatic carbocycles. The van der Waals surface area contributed by atoms with Gasteiger partial charge < -0.3 is 5.32 Å². The third kappa shape index (κ3) is 3.60. The van der Waals surface area contributed by atoms with Gasteiger partial charge in [-0.2, -0.15) is 0 Å². The molecule has 4 nitrogen and oxygen atoms in total. The van der Waals surface area contributed by atoms with Crippen molar-refractivity contribution in [3.63, 3.8) is 0 Å². The summed E-state index contributed by atoms with van der Waals surface area (Å²) in [5.41, 5.74) is 1.54. The predicted octanol–water partition coefficient (Wildman–Crippen LogP) is 3.34. The molecule has 1 aromatic heterocycles. The number of rotatable bonds is 5. The monoisotopic (exact) mass is 374 g/mol. The Kier molecular flexibility index (Phi) is 4.85. The zero-order valence-electron chi connectivity index (χ0n) is 11.1. The summed E-state index contributed by atoms with van der Waals surface area (Å²) < 4.78 is 28.0. The van der Waals surface area contributed by atoms with Crippen LogP contribution >= 0.6 is 27.3 Å². The van der Waals surface area contributed by atoms with E-state index in [-0.39, 0.29) is 0 Å². The molecule has 0 atom stereocenters. The van der Waals surface area contributed by atoms with Crippen molar-refractivity contribution in [2.24, 2.45) is 0 Å². The topological polar surface area (TPSA) is 58.2 Å². The van der Waals surface area contributed by atoms with Crippen molar-refractivity contribution >= 4 is 43.0 Å². The number of hydrogen-bond acceptors (Lipinski definition) is 4. The van der Waals surface area contributed by atoms with E-state index in [0.717, 1.165) is 14.9 Å². The number of sulfonamides is 1. The largest absolute Gasteiger partial charge is 0.315 e. The summed E-state index contributed by atoms with van der Waals surface area (Å²) >= 11 is 4.78. The number of benzene rings is 1. The lowest BCUT2D eigenvalue weighted by atomic mass is 10.2. The predicted molar refractivity (Wildman–Crippen MR) is 86.8 cm³/mol. The highest BCUT2D eigenvalue weighted by Gasteiger charge is 2.17. The van der Waals surface area contributed by atoms with Gasteiger partial charge in [0.2, 0.25) is 0 Å². The molecule has 0 bridgehead atoms. The van der Waals surface area contributed by atoms with Crippen molar-refractivity contribution in [2.75, 3.05) is 11.8 Å². The van der Waals surface area contributed by atoms with E-state index < -0.39 is 10.0 Å². The minimum Gasteiger partial charge on any atom is -0.315 e. The van der Waals surface area contributed by atoms with Gasteiger partial charge in [-0.15, -0.1) is 11.3 Å². The summed E-state index contributed by atoms with van der Waals surface area (Å²) in [6.45, 7) is 2.58. The number of hydrogen-bond donors (Lipinski definition) is 2. The lowest BCUT2D eigenvalue weighted by Crippen LogP contribution is -2.12. The molecule has 0 saturated heterocycles. The molecule has 0 aliphatic carbocycles. The summed E-state index contributed by atoms with van der Waals surface area (Å²) in [7, 11) is -1.72. The Hall–Kier alpha value is -0.890. The number of halogens is 1. The quantitative estimate of drug-likeness (QED) is 0.843. The summed E-state index contributed by atoms with van der Waals surface area (Å²) in [5.74, 6) is 0. The SMILES string of the molecule is CNCc1cc(S(=O)(=O)Nc2cc(C)ccc2Br)cs1. The third-order valence-electron chi connectivity index (χ3n) is 2.66. The molecule has 0 fully saturated rings. The van der Waals surface area contributed by atoms with Gasteiger partial charge in [-0.3, -0.25) is 4.72 Å². The standard InChI is InChI=1S/C13H15BrN2O2S2/c1-9-3-4-12(14)13(5-9)16-20(17,18)11-6-10(7-15-2)19-8-11/h3-6,8,15-16H,7H2,1-2H3. The Morgan fingerprint density at radius 1 is 1.30 bits per heavy atom. The molecular formula is C13H15BrN2O2S2. The van der Waals surface area contributed by atoms with E-state index >= 15 is 0 Å². The van der Waals surface area contributed by atoms with Crippen molar-refractivity contribution in [2.45, 2.75) is 18.4 Å². The molecule has 0 saturated carbocycles. The molecule has 108 valence electrons. The summed E-state index contributed by atoms with van der Waals surface area (Å²) in [6.07, 6.45) is 0. The maximum atomic E-state index is 12.3. The van der Waals surface area contributed by atoms with Crippen LogP contribution in [0, 0.1) is 6.92 Å². The second kappa shape index (κ2) is 6.26. The van der Waals surface area contributed by atoms with Crippen molar-refractivity contribution in [3.8, 4) is 0 Å². The first kappa shape index (κ1) is 15.5. The van der Waals surface area contributed by atoms with Gasteiger partial charge in [0.15, 0.2) is 0 Å². The maximum Gasteiger partial charge on any atom is 0.262 e. The normalized spacial score (nSPS) is 11.6. The molecule has 0 amide bonds. The second-order valence-electron chi connectivity index (χ2n) is 4.37. The lowest BCUT2D eigenvalue weighted by molar-refractivity contribution is 0.601. The first-order valence-electron chi connectivity index (χ1n) is 5.93. The van der Waals surface area contributed by atoms with Gasteiger partial charge >= 0.3 is 0 Å². The van der Waals surface area contributed by atoms with Crippen LogP contribution in [-0.4, -0.2) is 15.5 Å². The Labute approximate surface area is 131 Å². The van der Waals surface area contributed by atoms with Crippen LogP contribution in [0.4, 0.5) is 5.69 Å². The van der Waals surface area contributed by atoms with Gasteiger partial charge in [-0.25, -0.2) is 8.42 Å². The van der Waals surface area contributed by atoms with Gasteiger partial charge in [0.1, 0.15) is 0 Å². The zero-order valence-corrected chi connectivity index (χ0v) is 14.3. The molecule has 0 radical (unpaired) electrons. The fourth-order valence-corrected chi connectivity index (χ4v) is 4.52. The second-order valence-corrected chi connectivity index (χ2v) is 7.90. The molecule has 1 heterocycles. The summed E-state index contributed by atoms with van der Waals surface area (Å²) in [4.78, 5) is 1.28. The van der Waals surface area contributed by atoms with Crippen LogP contribution in [0.15, 0.2) is 39.0 Å². The molecule has 2 aromatic rings. The molecule has 0 unspecified atom stereocenters. The molecular weight excluding hydrogens is 360 g/mol. The number of aryl methyl sites for hydroxylation is 1. The van der Waals surface area contributed by atoms with Gasteiger partial charge in [-0.05, 0) is 53.7 Å². The molecule has 0 aliphatic heterocycles. The Morgan fingerprint density at radius 2 is 2.05 bits per heavy atom. The number of nitrogens with one attached hydrogen (secondary N) is 2. The maximum absolute atomic E-state index is 12.3. The Morgan fingerprint density at radius 3 is 2.75 bits per heavy atom. The van der Waals surface area contributed by atoms with E-state index in [2.05, 4.69) is 26.0 Å². The minimum atomic E-state index is -3.55. The molecule has 20 heavy (non-hydrogen) atoms. The van der Waals surface area contributed by atoms with E-state index in [1.807, 2.05) is 26.1 Å². The fourth-order valence-electron chi connectivity index (χ4n) is 1.69. The van der Waals surface area contributed by atoms with Gasteiger partial charge in [0.05, 0.1) is 10.6 Å².